The lowest BCUT2D eigenvalue weighted by molar-refractivity contribution is 1.84. The second-order valence-electron chi connectivity index (χ2n) is 3.09. The van der Waals surface area contributed by atoms with E-state index in [0.29, 0.717) is 0 Å². The second kappa shape index (κ2) is 3.68. The Kier molecular flexibility index (Phi) is 2.54. The average molecular weight is 218 g/mol. The Labute approximate surface area is 90.2 Å². The first-order chi connectivity index (χ1) is 6.45. The van der Waals surface area contributed by atoms with Crippen LogP contribution in [0.1, 0.15) is 0 Å². The number of rotatable bonds is 0. The van der Waals surface area contributed by atoms with Gasteiger partial charge < -0.3 is 0 Å². The summed E-state index contributed by atoms with van der Waals surface area (Å²) in [5.41, 5.74) is 0. The van der Waals surface area contributed by atoms with Crippen molar-refractivity contribution in [3.63, 3.8) is 0 Å². The van der Waals surface area contributed by atoms with Crippen LogP contribution in [-0.4, -0.2) is 0 Å². The molecule has 70 valence electrons. The summed E-state index contributed by atoms with van der Waals surface area (Å²) in [5, 5.41) is 2.76. The van der Waals surface area contributed by atoms with Gasteiger partial charge in [-0.2, -0.15) is 9.90 Å². The summed E-state index contributed by atoms with van der Waals surface area (Å²) in [7, 11) is 0. The molecular weight excluding hydrogens is 207 g/mol. The zero-order valence-electron chi connectivity index (χ0n) is 7.73. The minimum atomic E-state index is 0. The zero-order chi connectivity index (χ0) is 8.67. The van der Waals surface area contributed by atoms with Crippen molar-refractivity contribution in [1.82, 2.24) is 0 Å². The minimum absolute atomic E-state index is 0. The molecule has 1 atom stereocenters. The molecule has 0 aliphatic heterocycles. The van der Waals surface area contributed by atoms with Gasteiger partial charge in [0.25, 0.3) is 0 Å². The molecule has 0 nitrogen and oxygen atoms in total. The summed E-state index contributed by atoms with van der Waals surface area (Å²) < 4.78 is 2.76. The van der Waals surface area contributed by atoms with Crippen LogP contribution in [0.2, 0.25) is 0 Å². The molecule has 0 aliphatic rings. The van der Waals surface area contributed by atoms with Crippen LogP contribution in [-0.2, 0) is 0 Å². The highest BCUT2D eigenvalue weighted by Gasteiger charge is 2.01. The maximum Gasteiger partial charge on any atom is 0.0355 e. The maximum atomic E-state index is 2.19. The van der Waals surface area contributed by atoms with Gasteiger partial charge in [-0.05, 0) is 12.1 Å². The lowest BCUT2D eigenvalue weighted by atomic mass is 10.2. The second-order valence-corrected chi connectivity index (χ2v) is 4.18. The van der Waals surface area contributed by atoms with Crippen LogP contribution >= 0.6 is 21.2 Å². The summed E-state index contributed by atoms with van der Waals surface area (Å²) in [6.45, 7) is 0. The zero-order valence-corrected chi connectivity index (χ0v) is 9.96. The van der Waals surface area contributed by atoms with E-state index in [0.717, 1.165) is 0 Å². The van der Waals surface area contributed by atoms with Gasteiger partial charge in [-0.15, -0.1) is 11.3 Å². The largest absolute Gasteiger partial charge is 0.153 e. The molecule has 2 heteroatoms. The van der Waals surface area contributed by atoms with Gasteiger partial charge in [0.1, 0.15) is 0 Å². The average Bonchev–Trinajstić information content (AvgIpc) is 2.56. The van der Waals surface area contributed by atoms with E-state index >= 15 is 0 Å². The van der Waals surface area contributed by atoms with Crippen LogP contribution in [0.25, 0.3) is 20.2 Å². The van der Waals surface area contributed by atoms with E-state index < -0.39 is 0 Å². The number of benzene rings is 2. The van der Waals surface area contributed by atoms with E-state index in [1.54, 1.807) is 0 Å². The van der Waals surface area contributed by atoms with Gasteiger partial charge in [0.05, 0.1) is 0 Å². The number of hydrogen-bond donors (Lipinski definition) is 0. The van der Waals surface area contributed by atoms with Crippen molar-refractivity contribution < 1.29 is 0 Å². The van der Waals surface area contributed by atoms with Crippen molar-refractivity contribution in [2.45, 2.75) is 0 Å². The van der Waals surface area contributed by atoms with Crippen molar-refractivity contribution in [3.05, 3.63) is 48.5 Å². The van der Waals surface area contributed by atoms with E-state index in [1.165, 1.54) is 20.2 Å². The molecule has 3 rings (SSSR count). The van der Waals surface area contributed by atoms with Crippen LogP contribution in [0, 0.1) is 0 Å². The van der Waals surface area contributed by atoms with Crippen LogP contribution in [0.3, 0.4) is 0 Å². The van der Waals surface area contributed by atoms with Crippen molar-refractivity contribution >= 4 is 41.4 Å². The first-order valence-electron chi connectivity index (χ1n) is 4.31. The Bertz CT molecular complexity index is 518. The van der Waals surface area contributed by atoms with Crippen LogP contribution < -0.4 is 0 Å². The summed E-state index contributed by atoms with van der Waals surface area (Å²) in [6.07, 6.45) is 0. The third-order valence-corrected chi connectivity index (χ3v) is 3.44. The summed E-state index contributed by atoms with van der Waals surface area (Å²) in [6, 6.07) is 17.1. The third-order valence-electron chi connectivity index (χ3n) is 2.28. The monoisotopic (exact) mass is 218 g/mol. The first kappa shape index (κ1) is 9.64. The Morgan fingerprint density at radius 1 is 0.643 bits per heavy atom. The standard InChI is InChI=1S/C12H8S.H3P/c1-3-7-11-9(5-1)10-6-2-4-8-12(10)13-11;/h1-8H;1H3. The van der Waals surface area contributed by atoms with Gasteiger partial charge in [-0.1, -0.05) is 36.4 Å². The van der Waals surface area contributed by atoms with Crippen molar-refractivity contribution in [2.24, 2.45) is 0 Å². The number of fused-ring (bicyclic) bond motifs is 3. The van der Waals surface area contributed by atoms with E-state index in [2.05, 4.69) is 48.5 Å². The normalized spacial score (nSPS) is 10.3. The first-order valence-corrected chi connectivity index (χ1v) is 5.13. The van der Waals surface area contributed by atoms with E-state index in [-0.39, 0.29) is 9.90 Å². The Morgan fingerprint density at radius 3 is 1.57 bits per heavy atom. The van der Waals surface area contributed by atoms with Crippen LogP contribution in [0.5, 0.6) is 0 Å². The molecule has 0 radical (unpaired) electrons. The molecule has 0 fully saturated rings. The molecule has 0 bridgehead atoms. The molecule has 0 saturated carbocycles. The van der Waals surface area contributed by atoms with Gasteiger partial charge in [0, 0.05) is 20.2 Å². The van der Waals surface area contributed by atoms with E-state index in [9.17, 15) is 0 Å². The molecule has 1 heterocycles. The molecule has 0 N–H and O–H groups in total. The number of thiophene rings is 1. The van der Waals surface area contributed by atoms with Crippen molar-refractivity contribution in [2.75, 3.05) is 0 Å². The van der Waals surface area contributed by atoms with Gasteiger partial charge in [-0.3, -0.25) is 0 Å². The highest BCUT2D eigenvalue weighted by molar-refractivity contribution is 7.25. The Hall–Kier alpha value is -0.910. The fourth-order valence-corrected chi connectivity index (χ4v) is 2.78. The molecule has 0 saturated heterocycles. The predicted molar refractivity (Wildman–Crippen MR) is 70.4 cm³/mol. The molecule has 1 aromatic heterocycles. The van der Waals surface area contributed by atoms with Gasteiger partial charge in [0.2, 0.25) is 0 Å². The predicted octanol–water partition coefficient (Wildman–Crippen LogP) is 4.11. The molecule has 2 aromatic carbocycles. The van der Waals surface area contributed by atoms with Gasteiger partial charge in [-0.25, -0.2) is 0 Å². The molecule has 0 amide bonds. The van der Waals surface area contributed by atoms with Crippen LogP contribution in [0.15, 0.2) is 48.5 Å². The Balaban J connectivity index is 0.000000750. The Morgan fingerprint density at radius 2 is 1.07 bits per heavy atom. The lowest BCUT2D eigenvalue weighted by Gasteiger charge is -1.88. The quantitative estimate of drug-likeness (QED) is 0.498. The maximum absolute atomic E-state index is 2.19. The van der Waals surface area contributed by atoms with Crippen LogP contribution in [0.4, 0.5) is 0 Å². The van der Waals surface area contributed by atoms with Gasteiger partial charge in [0.15, 0.2) is 0 Å². The molecular formula is C12H11PS. The summed E-state index contributed by atoms with van der Waals surface area (Å²) in [4.78, 5) is 0. The molecule has 3 aromatic rings. The van der Waals surface area contributed by atoms with Crippen molar-refractivity contribution in [1.29, 1.82) is 0 Å². The molecule has 0 spiro atoms. The van der Waals surface area contributed by atoms with E-state index in [1.807, 2.05) is 11.3 Å². The number of hydrogen-bond acceptors (Lipinski definition) is 1. The van der Waals surface area contributed by atoms with E-state index in [4.69, 9.17) is 0 Å². The highest BCUT2D eigenvalue weighted by atomic mass is 32.1. The summed E-state index contributed by atoms with van der Waals surface area (Å²) in [5.74, 6) is 0. The lowest BCUT2D eigenvalue weighted by Crippen LogP contribution is -1.62. The smallest absolute Gasteiger partial charge is 0.0355 e. The van der Waals surface area contributed by atoms with Crippen molar-refractivity contribution in [3.8, 4) is 0 Å². The third kappa shape index (κ3) is 1.33. The summed E-state index contributed by atoms with van der Waals surface area (Å²) >= 11 is 1.86. The highest BCUT2D eigenvalue weighted by Crippen LogP contribution is 2.32. The fraction of sp³-hybridized carbons (Fsp3) is 0. The van der Waals surface area contributed by atoms with Gasteiger partial charge >= 0.3 is 0 Å². The molecule has 14 heavy (non-hydrogen) atoms. The molecule has 0 aliphatic carbocycles. The fourth-order valence-electron chi connectivity index (χ4n) is 1.67. The minimum Gasteiger partial charge on any atom is -0.153 e. The molecule has 1 unspecified atom stereocenters. The SMILES string of the molecule is P.c1ccc2c(c1)sc1ccccc12. The topological polar surface area (TPSA) is 0 Å².